The number of methoxy groups -OCH3 is 1. The minimum Gasteiger partial charge on any atom is -0.463 e. The fourth-order valence-corrected chi connectivity index (χ4v) is 1.98. The first-order valence-corrected chi connectivity index (χ1v) is 6.38. The topological polar surface area (TPSA) is 77.2 Å². The zero-order valence-electron chi connectivity index (χ0n) is 11.4. The maximum Gasteiger partial charge on any atom is 0.374 e. The quantitative estimate of drug-likeness (QED) is 0.742. The highest BCUT2D eigenvalue weighted by Crippen LogP contribution is 2.15. The summed E-state index contributed by atoms with van der Waals surface area (Å²) in [5.41, 5.74) is 1.55. The van der Waals surface area contributed by atoms with E-state index in [1.54, 1.807) is 12.3 Å². The number of anilines is 1. The SMILES string of the molecule is COC(=O)c1occc1CNc1ncc2ccccc2n1. The van der Waals surface area contributed by atoms with E-state index in [9.17, 15) is 4.79 Å². The van der Waals surface area contributed by atoms with Crippen LogP contribution >= 0.6 is 0 Å². The lowest BCUT2D eigenvalue weighted by Gasteiger charge is -2.05. The van der Waals surface area contributed by atoms with Gasteiger partial charge in [0.25, 0.3) is 0 Å². The molecular weight excluding hydrogens is 270 g/mol. The molecule has 3 rings (SSSR count). The summed E-state index contributed by atoms with van der Waals surface area (Å²) in [6.07, 6.45) is 3.20. The van der Waals surface area contributed by atoms with Gasteiger partial charge in [-0.15, -0.1) is 0 Å². The lowest BCUT2D eigenvalue weighted by molar-refractivity contribution is 0.0563. The lowest BCUT2D eigenvalue weighted by atomic mass is 10.2. The molecule has 0 saturated heterocycles. The second-order valence-corrected chi connectivity index (χ2v) is 4.37. The highest BCUT2D eigenvalue weighted by Gasteiger charge is 2.15. The second-order valence-electron chi connectivity index (χ2n) is 4.37. The number of hydrogen-bond donors (Lipinski definition) is 1. The average Bonchev–Trinajstić information content (AvgIpc) is 3.00. The van der Waals surface area contributed by atoms with Gasteiger partial charge < -0.3 is 14.5 Å². The van der Waals surface area contributed by atoms with Crippen molar-refractivity contribution < 1.29 is 13.9 Å². The molecule has 2 heterocycles. The molecule has 0 aliphatic heterocycles. The van der Waals surface area contributed by atoms with Crippen molar-refractivity contribution >= 4 is 22.8 Å². The zero-order valence-corrected chi connectivity index (χ0v) is 11.4. The predicted molar refractivity (Wildman–Crippen MR) is 76.9 cm³/mol. The van der Waals surface area contributed by atoms with Crippen LogP contribution in [0.2, 0.25) is 0 Å². The molecule has 1 aromatic carbocycles. The van der Waals surface area contributed by atoms with Crippen molar-refractivity contribution in [2.24, 2.45) is 0 Å². The second kappa shape index (κ2) is 5.62. The van der Waals surface area contributed by atoms with E-state index >= 15 is 0 Å². The van der Waals surface area contributed by atoms with Crippen LogP contribution in [0.1, 0.15) is 16.1 Å². The predicted octanol–water partition coefficient (Wildman–Crippen LogP) is 2.62. The summed E-state index contributed by atoms with van der Waals surface area (Å²) < 4.78 is 9.77. The maximum atomic E-state index is 11.5. The van der Waals surface area contributed by atoms with Crippen molar-refractivity contribution in [2.45, 2.75) is 6.54 Å². The molecule has 0 radical (unpaired) electrons. The van der Waals surface area contributed by atoms with Gasteiger partial charge in [-0.1, -0.05) is 18.2 Å². The number of hydrogen-bond acceptors (Lipinski definition) is 6. The van der Waals surface area contributed by atoms with Crippen LogP contribution in [0.4, 0.5) is 5.95 Å². The molecule has 2 aromatic heterocycles. The van der Waals surface area contributed by atoms with Gasteiger partial charge >= 0.3 is 5.97 Å². The van der Waals surface area contributed by atoms with E-state index in [1.807, 2.05) is 24.3 Å². The first kappa shape index (κ1) is 13.1. The average molecular weight is 283 g/mol. The molecule has 3 aromatic rings. The molecule has 1 N–H and O–H groups in total. The number of benzene rings is 1. The van der Waals surface area contributed by atoms with Gasteiger partial charge in [0.2, 0.25) is 11.7 Å². The Labute approximate surface area is 120 Å². The Hall–Kier alpha value is -2.89. The van der Waals surface area contributed by atoms with Crippen LogP contribution < -0.4 is 5.32 Å². The summed E-state index contributed by atoms with van der Waals surface area (Å²) in [5.74, 6) is 0.174. The molecule has 6 heteroatoms. The van der Waals surface area contributed by atoms with Gasteiger partial charge in [-0.25, -0.2) is 14.8 Å². The maximum absolute atomic E-state index is 11.5. The Morgan fingerprint density at radius 1 is 1.33 bits per heavy atom. The molecule has 0 bridgehead atoms. The van der Waals surface area contributed by atoms with Gasteiger partial charge in [-0.05, 0) is 12.1 Å². The third-order valence-electron chi connectivity index (χ3n) is 3.04. The third kappa shape index (κ3) is 2.69. The van der Waals surface area contributed by atoms with E-state index in [4.69, 9.17) is 4.42 Å². The van der Waals surface area contributed by atoms with Crippen LogP contribution in [0.3, 0.4) is 0 Å². The van der Waals surface area contributed by atoms with E-state index in [-0.39, 0.29) is 5.76 Å². The third-order valence-corrected chi connectivity index (χ3v) is 3.04. The minimum atomic E-state index is -0.503. The minimum absolute atomic E-state index is 0.186. The number of para-hydroxylation sites is 1. The highest BCUT2D eigenvalue weighted by atomic mass is 16.5. The van der Waals surface area contributed by atoms with Crippen LogP contribution in [-0.4, -0.2) is 23.0 Å². The van der Waals surface area contributed by atoms with E-state index in [0.717, 1.165) is 10.9 Å². The molecule has 21 heavy (non-hydrogen) atoms. The molecular formula is C15H13N3O3. The van der Waals surface area contributed by atoms with Gasteiger partial charge in [-0.3, -0.25) is 0 Å². The number of furan rings is 1. The Morgan fingerprint density at radius 3 is 3.05 bits per heavy atom. The van der Waals surface area contributed by atoms with Crippen LogP contribution in [0.25, 0.3) is 10.9 Å². The monoisotopic (exact) mass is 283 g/mol. The lowest BCUT2D eigenvalue weighted by Crippen LogP contribution is -2.08. The van der Waals surface area contributed by atoms with Gasteiger partial charge in [0.1, 0.15) is 0 Å². The van der Waals surface area contributed by atoms with Crippen LogP contribution in [-0.2, 0) is 11.3 Å². The smallest absolute Gasteiger partial charge is 0.374 e. The number of rotatable bonds is 4. The Kier molecular flexibility index (Phi) is 3.51. The molecule has 0 aliphatic rings. The Morgan fingerprint density at radius 2 is 2.19 bits per heavy atom. The normalized spacial score (nSPS) is 10.5. The zero-order chi connectivity index (χ0) is 14.7. The number of esters is 1. The summed E-state index contributed by atoms with van der Waals surface area (Å²) >= 11 is 0. The van der Waals surface area contributed by atoms with E-state index < -0.39 is 5.97 Å². The number of carbonyl (C=O) groups excluding carboxylic acids is 1. The van der Waals surface area contributed by atoms with Gasteiger partial charge in [0.15, 0.2) is 0 Å². The fourth-order valence-electron chi connectivity index (χ4n) is 1.98. The molecule has 0 unspecified atom stereocenters. The largest absolute Gasteiger partial charge is 0.463 e. The Bertz CT molecular complexity index is 782. The highest BCUT2D eigenvalue weighted by molar-refractivity contribution is 5.87. The van der Waals surface area contributed by atoms with Crippen molar-refractivity contribution in [3.63, 3.8) is 0 Å². The van der Waals surface area contributed by atoms with Gasteiger partial charge in [-0.2, -0.15) is 0 Å². The number of ether oxygens (including phenoxy) is 1. The number of carbonyl (C=O) groups is 1. The Balaban J connectivity index is 1.77. The molecule has 0 atom stereocenters. The first-order valence-electron chi connectivity index (χ1n) is 6.38. The number of nitrogens with zero attached hydrogens (tertiary/aromatic N) is 2. The molecule has 106 valence electrons. The van der Waals surface area contributed by atoms with E-state index in [2.05, 4.69) is 20.0 Å². The number of fused-ring (bicyclic) bond motifs is 1. The van der Waals surface area contributed by atoms with E-state index in [1.165, 1.54) is 13.4 Å². The standard InChI is InChI=1S/C15H13N3O3/c1-20-14(19)13-11(6-7-21-13)9-17-15-16-8-10-4-2-3-5-12(10)18-15/h2-8H,9H2,1H3,(H,16,17,18). The molecule has 0 spiro atoms. The van der Waals surface area contributed by atoms with Crippen molar-refractivity contribution in [1.82, 2.24) is 9.97 Å². The molecule has 6 nitrogen and oxygen atoms in total. The summed E-state index contributed by atoms with van der Waals surface area (Å²) in [6.45, 7) is 0.374. The number of nitrogens with one attached hydrogen (secondary N) is 1. The van der Waals surface area contributed by atoms with Gasteiger partial charge in [0.05, 0.1) is 18.9 Å². The van der Waals surface area contributed by atoms with Crippen molar-refractivity contribution in [2.75, 3.05) is 12.4 Å². The molecule has 0 saturated carbocycles. The van der Waals surface area contributed by atoms with Crippen LogP contribution in [0, 0.1) is 0 Å². The first-order chi connectivity index (χ1) is 10.3. The van der Waals surface area contributed by atoms with Crippen LogP contribution in [0.5, 0.6) is 0 Å². The van der Waals surface area contributed by atoms with Gasteiger partial charge in [0, 0.05) is 23.7 Å². The number of aromatic nitrogens is 2. The van der Waals surface area contributed by atoms with E-state index in [0.29, 0.717) is 18.1 Å². The summed E-state index contributed by atoms with van der Waals surface area (Å²) in [5, 5.41) is 4.04. The fraction of sp³-hybridized carbons (Fsp3) is 0.133. The molecule has 0 aliphatic carbocycles. The van der Waals surface area contributed by atoms with Crippen molar-refractivity contribution in [3.8, 4) is 0 Å². The van der Waals surface area contributed by atoms with Crippen molar-refractivity contribution in [3.05, 3.63) is 54.1 Å². The summed E-state index contributed by atoms with van der Waals surface area (Å²) in [4.78, 5) is 20.1. The molecule has 0 fully saturated rings. The van der Waals surface area contributed by atoms with Crippen molar-refractivity contribution in [1.29, 1.82) is 0 Å². The summed E-state index contributed by atoms with van der Waals surface area (Å²) in [7, 11) is 1.31. The summed E-state index contributed by atoms with van der Waals surface area (Å²) in [6, 6.07) is 9.43. The molecule has 0 amide bonds. The van der Waals surface area contributed by atoms with Crippen LogP contribution in [0.15, 0.2) is 47.2 Å².